The Morgan fingerprint density at radius 3 is 2.86 bits per heavy atom. The van der Waals surface area contributed by atoms with Crippen molar-refractivity contribution in [1.29, 1.82) is 0 Å². The molecule has 1 aromatic heterocycles. The Hall–Kier alpha value is -2.22. The number of benzene rings is 1. The quantitative estimate of drug-likeness (QED) is 0.857. The van der Waals surface area contributed by atoms with Gasteiger partial charge in [0.25, 0.3) is 5.91 Å². The van der Waals surface area contributed by atoms with Gasteiger partial charge in [-0.3, -0.25) is 4.79 Å². The minimum absolute atomic E-state index is 0.239. The first kappa shape index (κ1) is 15.2. The van der Waals surface area contributed by atoms with E-state index in [0.717, 1.165) is 12.2 Å². The summed E-state index contributed by atoms with van der Waals surface area (Å²) in [7, 11) is 0. The number of amides is 1. The smallest absolute Gasteiger partial charge is 0.291 e. The SMILES string of the molecule is CCc1ccc(C(=O)Nc2ccc(Cl)cc2C#CCO)o1. The minimum Gasteiger partial charge on any atom is -0.456 e. The maximum Gasteiger partial charge on any atom is 0.291 e. The van der Waals surface area contributed by atoms with Crippen LogP contribution in [0.15, 0.2) is 34.7 Å². The molecular weight excluding hydrogens is 290 g/mol. The van der Waals surface area contributed by atoms with Crippen LogP contribution in [0, 0.1) is 11.8 Å². The topological polar surface area (TPSA) is 62.5 Å². The number of hydrogen-bond acceptors (Lipinski definition) is 3. The van der Waals surface area contributed by atoms with Crippen LogP contribution in [0.2, 0.25) is 5.02 Å². The third kappa shape index (κ3) is 3.88. The van der Waals surface area contributed by atoms with Crippen LogP contribution in [0.1, 0.15) is 28.8 Å². The van der Waals surface area contributed by atoms with Crippen LogP contribution in [0.4, 0.5) is 5.69 Å². The largest absolute Gasteiger partial charge is 0.456 e. The second kappa shape index (κ2) is 6.98. The lowest BCUT2D eigenvalue weighted by Crippen LogP contribution is -2.12. The molecule has 2 N–H and O–H groups in total. The maximum atomic E-state index is 12.1. The van der Waals surface area contributed by atoms with Crippen LogP contribution in [0.5, 0.6) is 0 Å². The number of halogens is 1. The fourth-order valence-electron chi connectivity index (χ4n) is 1.74. The van der Waals surface area contributed by atoms with Gasteiger partial charge < -0.3 is 14.8 Å². The molecule has 4 nitrogen and oxygen atoms in total. The fourth-order valence-corrected chi connectivity index (χ4v) is 1.91. The van der Waals surface area contributed by atoms with Crippen molar-refractivity contribution in [3.8, 4) is 11.8 Å². The zero-order chi connectivity index (χ0) is 15.2. The predicted molar refractivity (Wildman–Crippen MR) is 81.5 cm³/mol. The van der Waals surface area contributed by atoms with Crippen molar-refractivity contribution in [2.24, 2.45) is 0 Å². The summed E-state index contributed by atoms with van der Waals surface area (Å²) in [5, 5.41) is 12.0. The molecule has 5 heteroatoms. The molecule has 0 atom stereocenters. The average molecular weight is 304 g/mol. The molecule has 0 aliphatic rings. The first-order valence-corrected chi connectivity index (χ1v) is 6.81. The molecular formula is C16H14ClNO3. The van der Waals surface area contributed by atoms with Gasteiger partial charge in [0.1, 0.15) is 12.4 Å². The molecule has 1 amide bonds. The highest BCUT2D eigenvalue weighted by Crippen LogP contribution is 2.21. The van der Waals surface area contributed by atoms with E-state index in [1.165, 1.54) is 0 Å². The Bertz CT molecular complexity index is 710. The van der Waals surface area contributed by atoms with Gasteiger partial charge in [-0.15, -0.1) is 0 Å². The molecule has 0 aliphatic heterocycles. The summed E-state index contributed by atoms with van der Waals surface area (Å²) in [6.07, 6.45) is 0.724. The minimum atomic E-state index is -0.357. The van der Waals surface area contributed by atoms with Crippen molar-refractivity contribution >= 4 is 23.2 Å². The second-order valence-corrected chi connectivity index (χ2v) is 4.66. The fraction of sp³-hybridized carbons (Fsp3) is 0.188. The van der Waals surface area contributed by atoms with Crippen molar-refractivity contribution in [3.63, 3.8) is 0 Å². The van der Waals surface area contributed by atoms with Crippen molar-refractivity contribution in [2.75, 3.05) is 11.9 Å². The average Bonchev–Trinajstić information content (AvgIpc) is 2.96. The molecule has 21 heavy (non-hydrogen) atoms. The Balaban J connectivity index is 2.24. The molecule has 2 rings (SSSR count). The van der Waals surface area contributed by atoms with Crippen molar-refractivity contribution in [3.05, 3.63) is 52.4 Å². The summed E-state index contributed by atoms with van der Waals surface area (Å²) in [5.41, 5.74) is 1.05. The molecule has 0 unspecified atom stereocenters. The molecule has 0 fully saturated rings. The number of carbonyl (C=O) groups excluding carboxylic acids is 1. The van der Waals surface area contributed by atoms with E-state index in [1.54, 1.807) is 30.3 Å². The van der Waals surface area contributed by atoms with Gasteiger partial charge in [-0.05, 0) is 30.3 Å². The van der Waals surface area contributed by atoms with E-state index in [9.17, 15) is 4.79 Å². The second-order valence-electron chi connectivity index (χ2n) is 4.22. The lowest BCUT2D eigenvalue weighted by atomic mass is 10.1. The summed E-state index contributed by atoms with van der Waals surface area (Å²) < 4.78 is 5.40. The molecule has 1 heterocycles. The molecule has 108 valence electrons. The van der Waals surface area contributed by atoms with E-state index < -0.39 is 0 Å². The third-order valence-electron chi connectivity index (χ3n) is 2.77. The van der Waals surface area contributed by atoms with Gasteiger partial charge in [-0.2, -0.15) is 0 Å². The van der Waals surface area contributed by atoms with Gasteiger partial charge in [0.15, 0.2) is 5.76 Å². The number of aryl methyl sites for hydroxylation is 1. The van der Waals surface area contributed by atoms with Crippen LogP contribution in [-0.2, 0) is 6.42 Å². The van der Waals surface area contributed by atoms with E-state index in [-0.39, 0.29) is 18.3 Å². The van der Waals surface area contributed by atoms with E-state index in [0.29, 0.717) is 16.3 Å². The molecule has 0 radical (unpaired) electrons. The summed E-state index contributed by atoms with van der Waals surface area (Å²) in [5.74, 6) is 5.91. The van der Waals surface area contributed by atoms with Gasteiger partial charge in [-0.1, -0.05) is 30.4 Å². The first-order valence-electron chi connectivity index (χ1n) is 6.43. The maximum absolute atomic E-state index is 12.1. The van der Waals surface area contributed by atoms with E-state index in [2.05, 4.69) is 17.2 Å². The number of nitrogens with one attached hydrogen (secondary N) is 1. The van der Waals surface area contributed by atoms with Crippen molar-refractivity contribution in [1.82, 2.24) is 0 Å². The van der Waals surface area contributed by atoms with Gasteiger partial charge in [0.2, 0.25) is 0 Å². The first-order chi connectivity index (χ1) is 10.1. The Kier molecular flexibility index (Phi) is 5.04. The van der Waals surface area contributed by atoms with Crippen LogP contribution in [-0.4, -0.2) is 17.6 Å². The van der Waals surface area contributed by atoms with E-state index >= 15 is 0 Å². The lowest BCUT2D eigenvalue weighted by molar-refractivity contribution is 0.0995. The van der Waals surface area contributed by atoms with Crippen LogP contribution in [0.25, 0.3) is 0 Å². The Labute approximate surface area is 127 Å². The van der Waals surface area contributed by atoms with Gasteiger partial charge in [0, 0.05) is 17.0 Å². The third-order valence-corrected chi connectivity index (χ3v) is 3.00. The molecule has 0 aliphatic carbocycles. The summed E-state index contributed by atoms with van der Waals surface area (Å²) in [6.45, 7) is 1.68. The van der Waals surface area contributed by atoms with Crippen molar-refractivity contribution in [2.45, 2.75) is 13.3 Å². The number of furan rings is 1. The molecule has 0 saturated carbocycles. The highest BCUT2D eigenvalue weighted by molar-refractivity contribution is 6.30. The monoisotopic (exact) mass is 303 g/mol. The number of rotatable bonds is 3. The molecule has 1 aromatic carbocycles. The van der Waals surface area contributed by atoms with Gasteiger partial charge in [-0.25, -0.2) is 0 Å². The summed E-state index contributed by atoms with van der Waals surface area (Å²) in [6, 6.07) is 8.33. The number of hydrogen-bond donors (Lipinski definition) is 2. The van der Waals surface area contributed by atoms with E-state index in [4.69, 9.17) is 21.1 Å². The van der Waals surface area contributed by atoms with E-state index in [1.807, 2.05) is 6.92 Å². The van der Waals surface area contributed by atoms with Crippen LogP contribution >= 0.6 is 11.6 Å². The van der Waals surface area contributed by atoms with Gasteiger partial charge in [0.05, 0.1) is 5.69 Å². The molecule has 0 saturated heterocycles. The Morgan fingerprint density at radius 1 is 1.38 bits per heavy atom. The molecule has 2 aromatic rings. The number of aliphatic hydroxyl groups is 1. The summed E-state index contributed by atoms with van der Waals surface area (Å²) in [4.78, 5) is 12.1. The predicted octanol–water partition coefficient (Wildman–Crippen LogP) is 3.09. The number of anilines is 1. The number of carbonyl (C=O) groups is 1. The Morgan fingerprint density at radius 2 is 2.19 bits per heavy atom. The lowest BCUT2D eigenvalue weighted by Gasteiger charge is -2.06. The zero-order valence-corrected chi connectivity index (χ0v) is 12.2. The van der Waals surface area contributed by atoms with Crippen LogP contribution < -0.4 is 5.32 Å². The van der Waals surface area contributed by atoms with Crippen molar-refractivity contribution < 1.29 is 14.3 Å². The molecule has 0 spiro atoms. The normalized spacial score (nSPS) is 9.86. The highest BCUT2D eigenvalue weighted by atomic mass is 35.5. The standard InChI is InChI=1S/C16H14ClNO3/c1-2-13-6-8-15(21-13)16(20)18-14-7-5-12(17)10-11(14)4-3-9-19/h5-8,10,19H,2,9H2,1H3,(H,18,20). The number of aliphatic hydroxyl groups excluding tert-OH is 1. The highest BCUT2D eigenvalue weighted by Gasteiger charge is 2.12. The molecule has 0 bridgehead atoms. The zero-order valence-electron chi connectivity index (χ0n) is 11.4. The van der Waals surface area contributed by atoms with Gasteiger partial charge >= 0.3 is 0 Å². The van der Waals surface area contributed by atoms with Crippen LogP contribution in [0.3, 0.4) is 0 Å². The summed E-state index contributed by atoms with van der Waals surface area (Å²) >= 11 is 5.91.